The molecule has 0 amide bonds. The van der Waals surface area contributed by atoms with Crippen molar-refractivity contribution < 1.29 is 23.8 Å². The van der Waals surface area contributed by atoms with Gasteiger partial charge in [0.2, 0.25) is 0 Å². The molecule has 5 heteroatoms. The van der Waals surface area contributed by atoms with Gasteiger partial charge in [0.05, 0.1) is 6.61 Å². The third-order valence-electron chi connectivity index (χ3n) is 11.1. The van der Waals surface area contributed by atoms with Gasteiger partial charge in [0, 0.05) is 19.4 Å². The van der Waals surface area contributed by atoms with E-state index in [1.165, 1.54) is 96.3 Å². The summed E-state index contributed by atoms with van der Waals surface area (Å²) in [6.45, 7) is 7.51. The van der Waals surface area contributed by atoms with Crippen LogP contribution in [0, 0.1) is 0 Å². The van der Waals surface area contributed by atoms with E-state index in [9.17, 15) is 9.59 Å². The molecule has 0 rings (SSSR count). The summed E-state index contributed by atoms with van der Waals surface area (Å²) < 4.78 is 17.4. The highest BCUT2D eigenvalue weighted by atomic mass is 16.6. The van der Waals surface area contributed by atoms with E-state index in [4.69, 9.17) is 14.2 Å². The van der Waals surface area contributed by atoms with Crippen molar-refractivity contribution in [1.29, 1.82) is 0 Å². The topological polar surface area (TPSA) is 61.8 Å². The molecule has 0 radical (unpaired) electrons. The van der Waals surface area contributed by atoms with Crippen molar-refractivity contribution in [2.75, 3.05) is 19.8 Å². The molecular formula is C59H100O5. The molecule has 64 heavy (non-hydrogen) atoms. The summed E-state index contributed by atoms with van der Waals surface area (Å²) in [6, 6.07) is 0. The fraction of sp³-hybridized carbons (Fsp3) is 0.695. The van der Waals surface area contributed by atoms with Crippen LogP contribution in [0.2, 0.25) is 0 Å². The zero-order chi connectivity index (χ0) is 46.3. The van der Waals surface area contributed by atoms with Gasteiger partial charge in [0.15, 0.2) is 6.10 Å². The van der Waals surface area contributed by atoms with E-state index in [1.54, 1.807) is 0 Å². The van der Waals surface area contributed by atoms with Gasteiger partial charge in [-0.25, -0.2) is 0 Å². The van der Waals surface area contributed by atoms with Crippen LogP contribution in [0.5, 0.6) is 0 Å². The summed E-state index contributed by atoms with van der Waals surface area (Å²) in [5, 5.41) is 0. The number of esters is 2. The lowest BCUT2D eigenvalue weighted by atomic mass is 10.1. The number of rotatable bonds is 48. The first-order valence-electron chi connectivity index (χ1n) is 26.8. The Labute approximate surface area is 396 Å². The van der Waals surface area contributed by atoms with E-state index >= 15 is 0 Å². The Kier molecular flexibility index (Phi) is 51.5. The molecule has 0 aromatic rings. The van der Waals surface area contributed by atoms with Crippen LogP contribution in [0.3, 0.4) is 0 Å². The standard InChI is InChI=1S/C59H100O5/c1-4-7-10-13-16-19-22-25-28-30-32-34-37-40-43-46-49-52-58(60)63-56-57(55-62-54-51-48-45-42-39-36-27-24-21-18-15-12-9-6-3)64-59(61)53-50-47-44-41-38-35-33-31-29-26-23-20-17-14-11-8-5-2/h7-8,10-12,15-17,19-21,24-26,28-29,57H,4-6,9,13-14,18,22-23,27,30-56H2,1-3H3/b10-7-,11-8-,15-12-,19-16-,20-17-,24-21-,28-25-,29-26-. The summed E-state index contributed by atoms with van der Waals surface area (Å²) >= 11 is 0. The minimum absolute atomic E-state index is 0.0671. The molecule has 0 heterocycles. The molecule has 1 unspecified atom stereocenters. The monoisotopic (exact) mass is 889 g/mol. The van der Waals surface area contributed by atoms with Crippen molar-refractivity contribution in [3.05, 3.63) is 97.2 Å². The summed E-state index contributed by atoms with van der Waals surface area (Å²) in [5.41, 5.74) is 0. The lowest BCUT2D eigenvalue weighted by molar-refractivity contribution is -0.163. The van der Waals surface area contributed by atoms with Gasteiger partial charge in [-0.15, -0.1) is 0 Å². The SMILES string of the molecule is CC/C=C\C/C=C\C/C=C\CCCCCCCCCC(=O)OCC(COCCCCCCCC/C=C\C/C=C\CCC)OC(=O)CCCCCCCCC/C=C\C/C=C\C/C=C\CC. The molecule has 0 aromatic carbocycles. The van der Waals surface area contributed by atoms with E-state index in [0.717, 1.165) is 109 Å². The highest BCUT2D eigenvalue weighted by molar-refractivity contribution is 5.70. The van der Waals surface area contributed by atoms with E-state index in [1.807, 2.05) is 0 Å². The van der Waals surface area contributed by atoms with Crippen LogP contribution in [-0.2, 0) is 23.8 Å². The fourth-order valence-corrected chi connectivity index (χ4v) is 7.16. The third kappa shape index (κ3) is 51.5. The molecule has 0 spiro atoms. The Bertz CT molecular complexity index is 1230. The summed E-state index contributed by atoms with van der Waals surface area (Å²) in [6.07, 6.45) is 72.7. The quantitative estimate of drug-likeness (QED) is 0.0346. The summed E-state index contributed by atoms with van der Waals surface area (Å²) in [4.78, 5) is 25.5. The Morgan fingerprint density at radius 3 is 1.12 bits per heavy atom. The zero-order valence-corrected chi connectivity index (χ0v) is 42.0. The molecular weight excluding hydrogens is 789 g/mol. The maximum Gasteiger partial charge on any atom is 0.306 e. The van der Waals surface area contributed by atoms with Gasteiger partial charge >= 0.3 is 11.9 Å². The van der Waals surface area contributed by atoms with Gasteiger partial charge in [0.1, 0.15) is 6.61 Å². The normalized spacial score (nSPS) is 13.0. The molecule has 366 valence electrons. The van der Waals surface area contributed by atoms with Crippen LogP contribution >= 0.6 is 0 Å². The van der Waals surface area contributed by atoms with Crippen molar-refractivity contribution in [2.24, 2.45) is 0 Å². The van der Waals surface area contributed by atoms with Crippen LogP contribution < -0.4 is 0 Å². The number of carbonyl (C=O) groups is 2. The second-order valence-electron chi connectivity index (χ2n) is 17.4. The molecule has 0 bridgehead atoms. The summed E-state index contributed by atoms with van der Waals surface area (Å²) in [7, 11) is 0. The van der Waals surface area contributed by atoms with Crippen molar-refractivity contribution in [3.63, 3.8) is 0 Å². The molecule has 0 aliphatic rings. The van der Waals surface area contributed by atoms with Crippen molar-refractivity contribution >= 4 is 11.9 Å². The van der Waals surface area contributed by atoms with Crippen LogP contribution in [0.25, 0.3) is 0 Å². The Morgan fingerprint density at radius 1 is 0.359 bits per heavy atom. The van der Waals surface area contributed by atoms with E-state index < -0.39 is 6.10 Å². The van der Waals surface area contributed by atoms with Crippen molar-refractivity contribution in [2.45, 2.75) is 245 Å². The van der Waals surface area contributed by atoms with Crippen LogP contribution in [0.1, 0.15) is 239 Å². The molecule has 0 aromatic heterocycles. The molecule has 0 fully saturated rings. The number of unbranched alkanes of at least 4 members (excludes halogenated alkanes) is 21. The van der Waals surface area contributed by atoms with Crippen LogP contribution in [0.4, 0.5) is 0 Å². The predicted molar refractivity (Wildman–Crippen MR) is 279 cm³/mol. The Morgan fingerprint density at radius 2 is 0.703 bits per heavy atom. The Hall–Kier alpha value is -3.18. The first kappa shape index (κ1) is 60.8. The largest absolute Gasteiger partial charge is 0.462 e. The predicted octanol–water partition coefficient (Wildman–Crippen LogP) is 18.2. The molecule has 0 aliphatic carbocycles. The Balaban J connectivity index is 4.32. The molecule has 0 saturated carbocycles. The first-order valence-corrected chi connectivity index (χ1v) is 26.8. The number of hydrogen-bond acceptors (Lipinski definition) is 5. The number of hydrogen-bond donors (Lipinski definition) is 0. The smallest absolute Gasteiger partial charge is 0.306 e. The maximum atomic E-state index is 12.8. The van der Waals surface area contributed by atoms with E-state index in [2.05, 4.69) is 118 Å². The minimum Gasteiger partial charge on any atom is -0.462 e. The van der Waals surface area contributed by atoms with Gasteiger partial charge in [-0.05, 0) is 109 Å². The van der Waals surface area contributed by atoms with Crippen LogP contribution in [-0.4, -0.2) is 37.9 Å². The van der Waals surface area contributed by atoms with Gasteiger partial charge in [-0.1, -0.05) is 214 Å². The highest BCUT2D eigenvalue weighted by Crippen LogP contribution is 2.14. The van der Waals surface area contributed by atoms with Gasteiger partial charge in [0.25, 0.3) is 0 Å². The molecule has 5 nitrogen and oxygen atoms in total. The van der Waals surface area contributed by atoms with Crippen LogP contribution in [0.15, 0.2) is 97.2 Å². The number of carbonyl (C=O) groups excluding carboxylic acids is 2. The zero-order valence-electron chi connectivity index (χ0n) is 42.0. The first-order chi connectivity index (χ1) is 31.6. The van der Waals surface area contributed by atoms with Gasteiger partial charge in [-0.2, -0.15) is 0 Å². The average molecular weight is 889 g/mol. The maximum absolute atomic E-state index is 12.8. The molecule has 0 aliphatic heterocycles. The van der Waals surface area contributed by atoms with Crippen molar-refractivity contribution in [3.8, 4) is 0 Å². The van der Waals surface area contributed by atoms with E-state index in [-0.39, 0.29) is 25.2 Å². The summed E-state index contributed by atoms with van der Waals surface area (Å²) in [5.74, 6) is -0.427. The molecule has 0 saturated heterocycles. The third-order valence-corrected chi connectivity index (χ3v) is 11.1. The second-order valence-corrected chi connectivity index (χ2v) is 17.4. The number of allylic oxidation sites excluding steroid dienone is 16. The van der Waals surface area contributed by atoms with Gasteiger partial charge < -0.3 is 14.2 Å². The molecule has 0 N–H and O–H groups in total. The van der Waals surface area contributed by atoms with Crippen molar-refractivity contribution in [1.82, 2.24) is 0 Å². The van der Waals surface area contributed by atoms with Gasteiger partial charge in [-0.3, -0.25) is 9.59 Å². The lowest BCUT2D eigenvalue weighted by Gasteiger charge is -2.18. The molecule has 1 atom stereocenters. The number of ether oxygens (including phenoxy) is 3. The fourth-order valence-electron chi connectivity index (χ4n) is 7.16. The second kappa shape index (κ2) is 54.2. The highest BCUT2D eigenvalue weighted by Gasteiger charge is 2.17. The minimum atomic E-state index is -0.557. The van der Waals surface area contributed by atoms with E-state index in [0.29, 0.717) is 19.4 Å². The average Bonchev–Trinajstić information content (AvgIpc) is 3.30. The lowest BCUT2D eigenvalue weighted by Crippen LogP contribution is -2.30.